The van der Waals surface area contributed by atoms with Crippen LogP contribution in [-0.4, -0.2) is 73.4 Å². The fourth-order valence-corrected chi connectivity index (χ4v) is 4.85. The number of ether oxygens (including phenoxy) is 1. The summed E-state index contributed by atoms with van der Waals surface area (Å²) in [6.45, 7) is 4.18. The van der Waals surface area contributed by atoms with E-state index in [0.717, 1.165) is 48.3 Å². The first kappa shape index (κ1) is 23.4. The van der Waals surface area contributed by atoms with Gasteiger partial charge in [-0.15, -0.1) is 0 Å². The molecular weight excluding hydrogens is 470 g/mol. The number of pyridine rings is 1. The predicted molar refractivity (Wildman–Crippen MR) is 138 cm³/mol. The van der Waals surface area contributed by atoms with E-state index in [1.54, 1.807) is 24.5 Å². The topological polar surface area (TPSA) is 116 Å². The summed E-state index contributed by atoms with van der Waals surface area (Å²) >= 11 is 0. The molecule has 11 nitrogen and oxygen atoms in total. The third kappa shape index (κ3) is 5.27. The first-order chi connectivity index (χ1) is 18.2. The van der Waals surface area contributed by atoms with E-state index in [9.17, 15) is 4.79 Å². The fourth-order valence-electron chi connectivity index (χ4n) is 4.85. The minimum absolute atomic E-state index is 0.163. The van der Waals surface area contributed by atoms with Crippen molar-refractivity contribution in [1.29, 1.82) is 0 Å². The molecular formula is C26H29N9O2. The molecule has 4 aromatic rings. The maximum absolute atomic E-state index is 12.5. The Bertz CT molecular complexity index is 1380. The van der Waals surface area contributed by atoms with E-state index < -0.39 is 0 Å². The molecule has 0 bridgehead atoms. The second-order valence-electron chi connectivity index (χ2n) is 9.38. The summed E-state index contributed by atoms with van der Waals surface area (Å²) in [6, 6.07) is 7.45. The molecule has 0 spiro atoms. The van der Waals surface area contributed by atoms with E-state index >= 15 is 0 Å². The maximum atomic E-state index is 12.5. The Morgan fingerprint density at radius 2 is 1.78 bits per heavy atom. The van der Waals surface area contributed by atoms with Crippen molar-refractivity contribution < 1.29 is 4.74 Å². The van der Waals surface area contributed by atoms with Crippen molar-refractivity contribution in [2.45, 2.75) is 31.5 Å². The summed E-state index contributed by atoms with van der Waals surface area (Å²) in [7, 11) is 0. The molecule has 0 unspecified atom stereocenters. The Hall–Kier alpha value is -3.96. The third-order valence-corrected chi connectivity index (χ3v) is 6.90. The zero-order valence-electron chi connectivity index (χ0n) is 20.5. The van der Waals surface area contributed by atoms with Crippen LogP contribution in [0.15, 0.2) is 66.2 Å². The van der Waals surface area contributed by atoms with Crippen molar-refractivity contribution in [1.82, 2.24) is 39.8 Å². The van der Waals surface area contributed by atoms with E-state index in [1.807, 2.05) is 30.7 Å². The Labute approximate surface area is 214 Å². The van der Waals surface area contributed by atoms with Gasteiger partial charge in [0.1, 0.15) is 0 Å². The Morgan fingerprint density at radius 3 is 2.59 bits per heavy atom. The molecule has 6 heterocycles. The van der Waals surface area contributed by atoms with Gasteiger partial charge in [-0.05, 0) is 44.1 Å². The maximum Gasteiger partial charge on any atom is 0.266 e. The highest BCUT2D eigenvalue weighted by atomic mass is 16.5. The van der Waals surface area contributed by atoms with E-state index in [4.69, 9.17) is 4.74 Å². The van der Waals surface area contributed by atoms with Crippen molar-refractivity contribution in [2.75, 3.05) is 37.7 Å². The Balaban J connectivity index is 1.12. The van der Waals surface area contributed by atoms with Crippen LogP contribution in [0.2, 0.25) is 0 Å². The molecule has 2 aliphatic heterocycles. The summed E-state index contributed by atoms with van der Waals surface area (Å²) in [5, 5.41) is 12.5. The molecule has 2 saturated heterocycles. The minimum Gasteiger partial charge on any atom is -0.373 e. The van der Waals surface area contributed by atoms with Crippen LogP contribution in [0.1, 0.15) is 18.9 Å². The predicted octanol–water partition coefficient (Wildman–Crippen LogP) is 1.79. The van der Waals surface area contributed by atoms with Crippen LogP contribution >= 0.6 is 0 Å². The third-order valence-electron chi connectivity index (χ3n) is 6.90. The standard InChI is InChI=1S/C26H29N9O2/c36-25-2-1-24(19-3-7-27-8-4-19)32-35(25)18-23-17-33(11-12-37-23)26-29-13-20(14-30-26)21-15-31-34(16-21)22-5-9-28-10-6-22/h1-4,7-8,13-16,22-23,28H,5-6,9-12,17-18H2/t23-/m0/s1. The van der Waals surface area contributed by atoms with Gasteiger partial charge in [0, 0.05) is 66.8 Å². The van der Waals surface area contributed by atoms with Gasteiger partial charge in [0.2, 0.25) is 5.95 Å². The fraction of sp³-hybridized carbons (Fsp3) is 0.385. The van der Waals surface area contributed by atoms with Crippen molar-refractivity contribution in [2.24, 2.45) is 0 Å². The van der Waals surface area contributed by atoms with E-state index in [-0.39, 0.29) is 11.7 Å². The van der Waals surface area contributed by atoms with Gasteiger partial charge in [-0.3, -0.25) is 14.5 Å². The van der Waals surface area contributed by atoms with Crippen molar-refractivity contribution >= 4 is 5.95 Å². The normalized spacial score (nSPS) is 18.7. The van der Waals surface area contributed by atoms with Crippen LogP contribution in [0.3, 0.4) is 0 Å². The number of hydrogen-bond acceptors (Lipinski definition) is 9. The van der Waals surface area contributed by atoms with Crippen LogP contribution in [0.5, 0.6) is 0 Å². The van der Waals surface area contributed by atoms with Crippen molar-refractivity contribution in [3.05, 3.63) is 71.8 Å². The zero-order valence-corrected chi connectivity index (χ0v) is 20.5. The van der Waals surface area contributed by atoms with E-state index in [0.29, 0.717) is 38.2 Å². The Morgan fingerprint density at radius 1 is 0.973 bits per heavy atom. The quantitative estimate of drug-likeness (QED) is 0.424. The first-order valence-electron chi connectivity index (χ1n) is 12.7. The van der Waals surface area contributed by atoms with Gasteiger partial charge in [-0.2, -0.15) is 10.2 Å². The lowest BCUT2D eigenvalue weighted by atomic mass is 10.1. The van der Waals surface area contributed by atoms with Gasteiger partial charge in [0.15, 0.2) is 0 Å². The molecule has 2 fully saturated rings. The van der Waals surface area contributed by atoms with E-state index in [2.05, 4.69) is 46.2 Å². The molecule has 1 N–H and O–H groups in total. The highest BCUT2D eigenvalue weighted by Gasteiger charge is 2.24. The van der Waals surface area contributed by atoms with Crippen LogP contribution in [0.4, 0.5) is 5.95 Å². The number of rotatable bonds is 6. The highest BCUT2D eigenvalue weighted by molar-refractivity contribution is 5.60. The summed E-state index contributed by atoms with van der Waals surface area (Å²) in [6.07, 6.45) is 13.1. The number of nitrogens with zero attached hydrogens (tertiary/aromatic N) is 8. The van der Waals surface area contributed by atoms with Gasteiger partial charge >= 0.3 is 0 Å². The highest BCUT2D eigenvalue weighted by Crippen LogP contribution is 2.24. The molecule has 1 atom stereocenters. The molecule has 4 aromatic heterocycles. The van der Waals surface area contributed by atoms with Crippen molar-refractivity contribution in [3.63, 3.8) is 0 Å². The molecule has 6 rings (SSSR count). The number of morpholine rings is 1. The molecule has 0 radical (unpaired) electrons. The van der Waals surface area contributed by atoms with Gasteiger partial charge in [0.25, 0.3) is 5.56 Å². The van der Waals surface area contributed by atoms with E-state index in [1.165, 1.54) is 4.68 Å². The van der Waals surface area contributed by atoms with Crippen LogP contribution < -0.4 is 15.8 Å². The largest absolute Gasteiger partial charge is 0.373 e. The van der Waals surface area contributed by atoms with Gasteiger partial charge in [-0.1, -0.05) is 0 Å². The molecule has 190 valence electrons. The second-order valence-corrected chi connectivity index (χ2v) is 9.38. The number of aromatic nitrogens is 7. The number of nitrogens with one attached hydrogen (secondary N) is 1. The smallest absolute Gasteiger partial charge is 0.266 e. The van der Waals surface area contributed by atoms with Gasteiger partial charge < -0.3 is 15.0 Å². The van der Waals surface area contributed by atoms with Gasteiger partial charge in [0.05, 0.1) is 37.2 Å². The number of hydrogen-bond donors (Lipinski definition) is 1. The lowest BCUT2D eigenvalue weighted by Crippen LogP contribution is -2.46. The van der Waals surface area contributed by atoms with Crippen LogP contribution in [-0.2, 0) is 11.3 Å². The second kappa shape index (κ2) is 10.6. The molecule has 0 aromatic carbocycles. The average molecular weight is 500 g/mol. The van der Waals surface area contributed by atoms with Gasteiger partial charge in [-0.25, -0.2) is 14.6 Å². The summed E-state index contributed by atoms with van der Waals surface area (Å²) in [5.41, 5.74) is 3.42. The minimum atomic E-state index is -0.210. The molecule has 11 heteroatoms. The molecule has 0 amide bonds. The molecule has 0 saturated carbocycles. The lowest BCUT2D eigenvalue weighted by Gasteiger charge is -2.33. The summed E-state index contributed by atoms with van der Waals surface area (Å²) in [5.74, 6) is 0.647. The van der Waals surface area contributed by atoms with Crippen molar-refractivity contribution in [3.8, 4) is 22.4 Å². The average Bonchev–Trinajstić information content (AvgIpc) is 3.46. The van der Waals surface area contributed by atoms with Crippen LogP contribution in [0, 0.1) is 0 Å². The summed E-state index contributed by atoms with van der Waals surface area (Å²) < 4.78 is 9.50. The number of piperidine rings is 1. The number of anilines is 1. The SMILES string of the molecule is O=c1ccc(-c2ccncc2)nn1C[C@@H]1CN(c2ncc(-c3cnn(C4CCNCC4)c3)cn2)CCO1. The first-order valence-corrected chi connectivity index (χ1v) is 12.7. The monoisotopic (exact) mass is 499 g/mol. The lowest BCUT2D eigenvalue weighted by molar-refractivity contribution is 0.0260. The summed E-state index contributed by atoms with van der Waals surface area (Å²) in [4.78, 5) is 27.9. The molecule has 2 aliphatic rings. The van der Waals surface area contributed by atoms with Crippen LogP contribution in [0.25, 0.3) is 22.4 Å². The molecule has 0 aliphatic carbocycles. The molecule has 37 heavy (non-hydrogen) atoms. The Kier molecular flexibility index (Phi) is 6.70. The zero-order chi connectivity index (χ0) is 25.0.